The minimum absolute atomic E-state index is 0.168. The summed E-state index contributed by atoms with van der Waals surface area (Å²) in [7, 11) is 0.823. The van der Waals surface area contributed by atoms with Crippen LogP contribution in [0.2, 0.25) is 0 Å². The van der Waals surface area contributed by atoms with Crippen molar-refractivity contribution in [2.75, 3.05) is 11.9 Å². The van der Waals surface area contributed by atoms with Crippen LogP contribution < -0.4 is 4.90 Å². The number of carbonyl (C=O) groups excluding carboxylic acids is 1. The Morgan fingerprint density at radius 3 is 2.47 bits per heavy atom. The maximum Gasteiger partial charge on any atom is 0.471 e. The van der Waals surface area contributed by atoms with E-state index in [1.807, 2.05) is 0 Å². The quantitative estimate of drug-likeness (QED) is 0.854. The first kappa shape index (κ1) is 15.2. The minimum Gasteiger partial charge on any atom is -0.478 e. The number of nitrogens with zero attached hydrogens (tertiary/aromatic N) is 3. The van der Waals surface area contributed by atoms with E-state index in [1.54, 1.807) is 0 Å². The molecule has 1 amide bonds. The number of rotatable bonds is 3. The summed E-state index contributed by atoms with van der Waals surface area (Å²) in [6.07, 6.45) is -4.28. The highest BCUT2D eigenvalue weighted by atomic mass is 35.5. The largest absolute Gasteiger partial charge is 0.478 e. The number of amides is 1. The fourth-order valence-electron chi connectivity index (χ4n) is 1.13. The molecule has 0 aliphatic carbocycles. The summed E-state index contributed by atoms with van der Waals surface area (Å²) in [6, 6.07) is 0. The minimum atomic E-state index is -5.08. The third kappa shape index (κ3) is 3.31. The van der Waals surface area contributed by atoms with Gasteiger partial charge in [0.1, 0.15) is 5.56 Å². The third-order valence-electron chi connectivity index (χ3n) is 2.06. The predicted molar refractivity (Wildman–Crippen MR) is 58.0 cm³/mol. The Morgan fingerprint density at radius 2 is 2.05 bits per heavy atom. The number of carboxylic acid groups (broad SMARTS) is 1. The first-order valence-corrected chi connectivity index (χ1v) is 5.22. The molecule has 1 rings (SSSR count). The number of carboxylic acids is 1. The van der Waals surface area contributed by atoms with Crippen LogP contribution in [0.5, 0.6) is 0 Å². The standard InChI is InChI=1S/C9H7ClF3N3O3/c1-16(7(19)9(11,12)13)8-14-3-4(6(17)18)5(2-10)15-8/h3H,2H2,1H3,(H,17,18). The number of aromatic nitrogens is 2. The van der Waals surface area contributed by atoms with Gasteiger partial charge in [0.15, 0.2) is 0 Å². The van der Waals surface area contributed by atoms with E-state index >= 15 is 0 Å². The second-order valence-electron chi connectivity index (χ2n) is 3.33. The Hall–Kier alpha value is -1.90. The van der Waals surface area contributed by atoms with Gasteiger partial charge in [0.2, 0.25) is 5.95 Å². The molecule has 0 saturated heterocycles. The van der Waals surface area contributed by atoms with Gasteiger partial charge in [0.25, 0.3) is 0 Å². The molecule has 0 bridgehead atoms. The lowest BCUT2D eigenvalue weighted by Gasteiger charge is -2.17. The Labute approximate surface area is 109 Å². The number of hydrogen-bond donors (Lipinski definition) is 1. The Kier molecular flexibility index (Phi) is 4.30. The van der Waals surface area contributed by atoms with Gasteiger partial charge in [-0.15, -0.1) is 11.6 Å². The van der Waals surface area contributed by atoms with Crippen LogP contribution in [0, 0.1) is 0 Å². The van der Waals surface area contributed by atoms with Crippen LogP contribution in [-0.4, -0.2) is 40.2 Å². The van der Waals surface area contributed by atoms with Gasteiger partial charge >= 0.3 is 18.1 Å². The molecule has 1 heterocycles. The van der Waals surface area contributed by atoms with E-state index in [4.69, 9.17) is 16.7 Å². The Balaban J connectivity index is 3.16. The maximum absolute atomic E-state index is 12.2. The fourth-order valence-corrected chi connectivity index (χ4v) is 1.33. The van der Waals surface area contributed by atoms with Crippen LogP contribution in [0.1, 0.15) is 16.1 Å². The topological polar surface area (TPSA) is 83.4 Å². The summed E-state index contributed by atoms with van der Waals surface area (Å²) in [5.74, 6) is -4.46. The summed E-state index contributed by atoms with van der Waals surface area (Å²) >= 11 is 5.44. The molecule has 1 N–H and O–H groups in total. The smallest absolute Gasteiger partial charge is 0.471 e. The van der Waals surface area contributed by atoms with E-state index in [9.17, 15) is 22.8 Å². The molecule has 0 aliphatic rings. The van der Waals surface area contributed by atoms with Gasteiger partial charge < -0.3 is 5.11 Å². The van der Waals surface area contributed by atoms with Crippen molar-refractivity contribution >= 4 is 29.4 Å². The normalized spacial score (nSPS) is 11.2. The first-order valence-electron chi connectivity index (χ1n) is 4.68. The molecule has 1 aromatic heterocycles. The first-order chi connectivity index (χ1) is 8.68. The van der Waals surface area contributed by atoms with Crippen LogP contribution in [-0.2, 0) is 10.7 Å². The van der Waals surface area contributed by atoms with Crippen molar-refractivity contribution in [2.24, 2.45) is 0 Å². The number of halogens is 4. The van der Waals surface area contributed by atoms with Gasteiger partial charge in [-0.2, -0.15) is 13.2 Å². The number of alkyl halides is 4. The highest BCUT2D eigenvalue weighted by Crippen LogP contribution is 2.21. The summed E-state index contributed by atoms with van der Waals surface area (Å²) < 4.78 is 36.6. The van der Waals surface area contributed by atoms with Crippen molar-refractivity contribution in [2.45, 2.75) is 12.1 Å². The number of hydrogen-bond acceptors (Lipinski definition) is 4. The Bertz CT molecular complexity index is 521. The number of anilines is 1. The second kappa shape index (κ2) is 5.39. The van der Waals surface area contributed by atoms with Crippen molar-refractivity contribution in [1.29, 1.82) is 0 Å². The SMILES string of the molecule is CN(C(=O)C(F)(F)F)c1ncc(C(=O)O)c(CCl)n1. The fraction of sp³-hybridized carbons (Fsp3) is 0.333. The van der Waals surface area contributed by atoms with E-state index in [0.29, 0.717) is 0 Å². The molecule has 0 fully saturated rings. The molecule has 0 saturated carbocycles. The molecule has 10 heteroatoms. The van der Waals surface area contributed by atoms with Crippen LogP contribution in [0.15, 0.2) is 6.20 Å². The van der Waals surface area contributed by atoms with Crippen LogP contribution in [0.3, 0.4) is 0 Å². The third-order valence-corrected chi connectivity index (χ3v) is 2.31. The average Bonchev–Trinajstić information content (AvgIpc) is 2.34. The van der Waals surface area contributed by atoms with Crippen molar-refractivity contribution in [3.05, 3.63) is 17.5 Å². The van der Waals surface area contributed by atoms with E-state index in [2.05, 4.69) is 9.97 Å². The van der Waals surface area contributed by atoms with E-state index in [0.717, 1.165) is 13.2 Å². The summed E-state index contributed by atoms with van der Waals surface area (Å²) in [5.41, 5.74) is -0.521. The van der Waals surface area contributed by atoms with Gasteiger partial charge in [-0.3, -0.25) is 9.69 Å². The zero-order chi connectivity index (χ0) is 14.8. The van der Waals surface area contributed by atoms with E-state index < -0.39 is 24.0 Å². The van der Waals surface area contributed by atoms with Gasteiger partial charge in [-0.25, -0.2) is 14.8 Å². The molecule has 0 radical (unpaired) electrons. The molecular weight excluding hydrogens is 291 g/mol. The zero-order valence-corrected chi connectivity index (χ0v) is 10.2. The van der Waals surface area contributed by atoms with Crippen molar-refractivity contribution in [3.63, 3.8) is 0 Å². The van der Waals surface area contributed by atoms with Crippen molar-refractivity contribution < 1.29 is 27.9 Å². The van der Waals surface area contributed by atoms with Crippen LogP contribution in [0.4, 0.5) is 19.1 Å². The molecule has 0 aliphatic heterocycles. The molecule has 0 spiro atoms. The molecule has 6 nitrogen and oxygen atoms in total. The second-order valence-corrected chi connectivity index (χ2v) is 3.60. The molecule has 0 aromatic carbocycles. The molecule has 0 unspecified atom stereocenters. The van der Waals surface area contributed by atoms with Gasteiger partial charge in [0.05, 0.1) is 11.6 Å². The number of carbonyl (C=O) groups is 2. The number of aromatic carboxylic acids is 1. The predicted octanol–water partition coefficient (Wildman–Crippen LogP) is 1.44. The zero-order valence-electron chi connectivity index (χ0n) is 9.40. The average molecular weight is 298 g/mol. The highest BCUT2D eigenvalue weighted by Gasteiger charge is 2.42. The van der Waals surface area contributed by atoms with Gasteiger partial charge in [0, 0.05) is 13.2 Å². The van der Waals surface area contributed by atoms with Gasteiger partial charge in [-0.1, -0.05) is 0 Å². The monoisotopic (exact) mass is 297 g/mol. The molecule has 1 aromatic rings. The van der Waals surface area contributed by atoms with E-state index in [-0.39, 0.29) is 22.0 Å². The van der Waals surface area contributed by atoms with Crippen molar-refractivity contribution in [1.82, 2.24) is 9.97 Å². The van der Waals surface area contributed by atoms with Gasteiger partial charge in [-0.05, 0) is 0 Å². The highest BCUT2D eigenvalue weighted by molar-refractivity contribution is 6.17. The lowest BCUT2D eigenvalue weighted by Crippen LogP contribution is -2.39. The lowest BCUT2D eigenvalue weighted by molar-refractivity contribution is -0.170. The summed E-state index contributed by atoms with van der Waals surface area (Å²) in [6.45, 7) is 0. The molecule has 104 valence electrons. The van der Waals surface area contributed by atoms with Crippen LogP contribution in [0.25, 0.3) is 0 Å². The van der Waals surface area contributed by atoms with E-state index in [1.165, 1.54) is 0 Å². The van der Waals surface area contributed by atoms with Crippen LogP contribution >= 0.6 is 11.6 Å². The summed E-state index contributed by atoms with van der Waals surface area (Å²) in [5, 5.41) is 8.77. The lowest BCUT2D eigenvalue weighted by atomic mass is 10.2. The summed E-state index contributed by atoms with van der Waals surface area (Å²) in [4.78, 5) is 28.8. The molecule has 0 atom stereocenters. The van der Waals surface area contributed by atoms with Crippen molar-refractivity contribution in [3.8, 4) is 0 Å². The maximum atomic E-state index is 12.2. The Morgan fingerprint density at radius 1 is 1.47 bits per heavy atom. The molecule has 19 heavy (non-hydrogen) atoms. The molecular formula is C9H7ClF3N3O3.